The number of benzene rings is 2. The summed E-state index contributed by atoms with van der Waals surface area (Å²) in [5.41, 5.74) is 2.14. The molecule has 0 spiro atoms. The molecule has 0 saturated heterocycles. The molecular weight excluding hydrogens is 443 g/mol. The summed E-state index contributed by atoms with van der Waals surface area (Å²) in [4.78, 5) is 19.3. The lowest BCUT2D eigenvalue weighted by molar-refractivity contribution is -0.387. The molecule has 34 heavy (non-hydrogen) atoms. The van der Waals surface area contributed by atoms with Crippen molar-refractivity contribution in [2.24, 2.45) is 0 Å². The molecule has 0 unspecified atom stereocenters. The Balaban J connectivity index is 1.60. The molecule has 1 aliphatic rings. The van der Waals surface area contributed by atoms with Gasteiger partial charge in [-0.1, -0.05) is 0 Å². The lowest BCUT2D eigenvalue weighted by Crippen LogP contribution is -2.08. The van der Waals surface area contributed by atoms with Crippen LogP contribution in [0.3, 0.4) is 0 Å². The fourth-order valence-electron chi connectivity index (χ4n) is 3.85. The van der Waals surface area contributed by atoms with Crippen LogP contribution in [0.15, 0.2) is 36.5 Å². The lowest BCUT2D eigenvalue weighted by Gasteiger charge is -2.12. The van der Waals surface area contributed by atoms with E-state index in [1.807, 2.05) is 25.1 Å². The van der Waals surface area contributed by atoms with Crippen LogP contribution in [-0.4, -0.2) is 38.9 Å². The average Bonchev–Trinajstić information content (AvgIpc) is 3.61. The first-order valence-corrected chi connectivity index (χ1v) is 10.6. The van der Waals surface area contributed by atoms with E-state index in [1.54, 1.807) is 18.0 Å². The van der Waals surface area contributed by atoms with Gasteiger partial charge in [0, 0.05) is 35.2 Å². The van der Waals surface area contributed by atoms with Crippen LogP contribution in [0.2, 0.25) is 0 Å². The molecule has 4 aromatic rings. The number of fused-ring (bicyclic) bond motifs is 1. The molecule has 1 saturated carbocycles. The Bertz CT molecular complexity index is 1430. The Morgan fingerprint density at radius 2 is 2.00 bits per heavy atom. The van der Waals surface area contributed by atoms with Gasteiger partial charge in [0.1, 0.15) is 11.5 Å². The number of aromatic nitrogens is 4. The van der Waals surface area contributed by atoms with Gasteiger partial charge in [-0.2, -0.15) is 14.5 Å². The number of aryl methyl sites for hydroxylation is 1. The smallest absolute Gasteiger partial charge is 0.307 e. The van der Waals surface area contributed by atoms with Gasteiger partial charge in [0.2, 0.25) is 11.8 Å². The summed E-state index contributed by atoms with van der Waals surface area (Å²) < 4.78 is 26.4. The fraction of sp³-hybridized carbons (Fsp3) is 0.261. The Morgan fingerprint density at radius 1 is 1.21 bits per heavy atom. The van der Waals surface area contributed by atoms with Gasteiger partial charge >= 0.3 is 5.69 Å². The molecule has 0 bridgehead atoms. The maximum Gasteiger partial charge on any atom is 0.307 e. The van der Waals surface area contributed by atoms with E-state index in [0.29, 0.717) is 11.7 Å². The van der Waals surface area contributed by atoms with Gasteiger partial charge in [-0.25, -0.2) is 9.67 Å². The third-order valence-corrected chi connectivity index (χ3v) is 5.74. The van der Waals surface area contributed by atoms with Crippen LogP contribution in [-0.2, 0) is 0 Å². The first-order chi connectivity index (χ1) is 16.4. The number of hydrogen-bond donors (Lipinski definition) is 1. The van der Waals surface area contributed by atoms with Crippen molar-refractivity contribution in [1.82, 2.24) is 19.7 Å². The zero-order valence-electron chi connectivity index (χ0n) is 18.7. The first kappa shape index (κ1) is 21.6. The van der Waals surface area contributed by atoms with Crippen molar-refractivity contribution in [3.63, 3.8) is 0 Å². The number of ether oxygens (including phenoxy) is 2. The second kappa shape index (κ2) is 8.25. The number of halogens is 1. The molecule has 2 aromatic heterocycles. The van der Waals surface area contributed by atoms with Crippen molar-refractivity contribution in [3.8, 4) is 17.3 Å². The molecule has 10 nitrogen and oxygen atoms in total. The zero-order valence-corrected chi connectivity index (χ0v) is 18.7. The quantitative estimate of drug-likeness (QED) is 0.306. The summed E-state index contributed by atoms with van der Waals surface area (Å²) in [7, 11) is 2.97. The van der Waals surface area contributed by atoms with Crippen LogP contribution in [0.4, 0.5) is 21.7 Å². The molecule has 2 heterocycles. The van der Waals surface area contributed by atoms with E-state index in [0.717, 1.165) is 52.9 Å². The van der Waals surface area contributed by atoms with E-state index in [-0.39, 0.29) is 17.4 Å². The molecule has 0 atom stereocenters. The van der Waals surface area contributed by atoms with Crippen LogP contribution < -0.4 is 14.8 Å². The van der Waals surface area contributed by atoms with Gasteiger partial charge in [0.05, 0.1) is 36.0 Å². The highest BCUT2D eigenvalue weighted by molar-refractivity contribution is 5.86. The molecule has 1 N–H and O–H groups in total. The van der Waals surface area contributed by atoms with Crippen LogP contribution in [0, 0.1) is 22.9 Å². The SMILES string of the molecule is COc1ccc2c(c1)c(C1CC1)nn2-c1nc(Nc2cc([N+](=O)[O-])c(F)cc2OC)ncc1C. The minimum atomic E-state index is -0.996. The lowest BCUT2D eigenvalue weighted by atomic mass is 10.1. The number of nitro benzene ring substituents is 1. The second-order valence-corrected chi connectivity index (χ2v) is 8.04. The highest BCUT2D eigenvalue weighted by Gasteiger charge is 2.30. The maximum absolute atomic E-state index is 14.0. The number of hydrogen-bond acceptors (Lipinski definition) is 8. The third kappa shape index (κ3) is 3.74. The summed E-state index contributed by atoms with van der Waals surface area (Å²) in [5, 5.41) is 20.0. The molecule has 1 aliphatic carbocycles. The van der Waals surface area contributed by atoms with Crippen molar-refractivity contribution >= 4 is 28.2 Å². The van der Waals surface area contributed by atoms with Gasteiger partial charge in [-0.15, -0.1) is 0 Å². The first-order valence-electron chi connectivity index (χ1n) is 10.6. The molecule has 5 rings (SSSR count). The van der Waals surface area contributed by atoms with E-state index in [1.165, 1.54) is 7.11 Å². The molecule has 174 valence electrons. The minimum absolute atomic E-state index is 0.0847. The standard InChI is InChI=1S/C23H21FN6O4/c1-12-11-25-23(26-17-10-19(30(31)32)16(24)9-20(17)34-3)27-22(12)29-18-7-6-14(33-2)8-15(18)21(28-29)13-4-5-13/h6-11,13H,4-5H2,1-3H3,(H,25,26,27). The Kier molecular flexibility index (Phi) is 5.23. The highest BCUT2D eigenvalue weighted by atomic mass is 19.1. The summed E-state index contributed by atoms with van der Waals surface area (Å²) in [6, 6.07) is 7.79. The van der Waals surface area contributed by atoms with Crippen molar-refractivity contribution in [2.75, 3.05) is 19.5 Å². The monoisotopic (exact) mass is 464 g/mol. The Hall–Kier alpha value is -4.28. The number of rotatable bonds is 7. The molecular formula is C23H21FN6O4. The van der Waals surface area contributed by atoms with Crippen LogP contribution in [0.1, 0.15) is 30.0 Å². The number of anilines is 2. The van der Waals surface area contributed by atoms with E-state index in [9.17, 15) is 14.5 Å². The van der Waals surface area contributed by atoms with E-state index < -0.39 is 16.4 Å². The number of nitrogens with one attached hydrogen (secondary N) is 1. The summed E-state index contributed by atoms with van der Waals surface area (Å²) >= 11 is 0. The van der Waals surface area contributed by atoms with Gasteiger partial charge in [0.15, 0.2) is 5.82 Å². The molecule has 0 amide bonds. The van der Waals surface area contributed by atoms with E-state index in [4.69, 9.17) is 14.6 Å². The van der Waals surface area contributed by atoms with Gasteiger partial charge < -0.3 is 14.8 Å². The summed E-state index contributed by atoms with van der Waals surface area (Å²) in [5.74, 6) is 0.950. The zero-order chi connectivity index (χ0) is 24.0. The minimum Gasteiger partial charge on any atom is -0.497 e. The molecule has 0 radical (unpaired) electrons. The second-order valence-electron chi connectivity index (χ2n) is 8.04. The number of nitrogens with zero attached hydrogens (tertiary/aromatic N) is 5. The molecule has 11 heteroatoms. The van der Waals surface area contributed by atoms with Gasteiger partial charge in [-0.3, -0.25) is 10.1 Å². The topological polar surface area (TPSA) is 117 Å². The maximum atomic E-state index is 14.0. The van der Waals surface area contributed by atoms with E-state index >= 15 is 0 Å². The Labute approximate surface area is 193 Å². The summed E-state index contributed by atoms with van der Waals surface area (Å²) in [6.45, 7) is 1.87. The molecule has 1 fully saturated rings. The predicted octanol–water partition coefficient (Wildman–Crippen LogP) is 4.81. The number of methoxy groups -OCH3 is 2. The third-order valence-electron chi connectivity index (χ3n) is 5.74. The van der Waals surface area contributed by atoms with Crippen molar-refractivity contribution in [3.05, 3.63) is 63.7 Å². The van der Waals surface area contributed by atoms with Crippen molar-refractivity contribution in [2.45, 2.75) is 25.7 Å². The predicted molar refractivity (Wildman–Crippen MR) is 123 cm³/mol. The average molecular weight is 464 g/mol. The van der Waals surface area contributed by atoms with Crippen LogP contribution in [0.5, 0.6) is 11.5 Å². The summed E-state index contributed by atoms with van der Waals surface area (Å²) in [6.07, 6.45) is 3.80. The van der Waals surface area contributed by atoms with Crippen LogP contribution >= 0.6 is 0 Å². The largest absolute Gasteiger partial charge is 0.497 e. The molecule has 2 aromatic carbocycles. The normalized spacial score (nSPS) is 13.2. The van der Waals surface area contributed by atoms with Crippen LogP contribution in [0.25, 0.3) is 16.7 Å². The highest BCUT2D eigenvalue weighted by Crippen LogP contribution is 2.43. The van der Waals surface area contributed by atoms with Gasteiger partial charge in [0.25, 0.3) is 0 Å². The Morgan fingerprint density at radius 3 is 2.68 bits per heavy atom. The fourth-order valence-corrected chi connectivity index (χ4v) is 3.85. The molecule has 0 aliphatic heterocycles. The van der Waals surface area contributed by atoms with Crippen molar-refractivity contribution < 1.29 is 18.8 Å². The van der Waals surface area contributed by atoms with Gasteiger partial charge in [-0.05, 0) is 38.0 Å². The van der Waals surface area contributed by atoms with E-state index in [2.05, 4.69) is 15.3 Å². The van der Waals surface area contributed by atoms with Crippen molar-refractivity contribution in [1.29, 1.82) is 0 Å². The number of nitro groups is 1.